The number of aryl methyl sites for hydroxylation is 1. The van der Waals surface area contributed by atoms with E-state index in [0.29, 0.717) is 13.1 Å². The highest BCUT2D eigenvalue weighted by molar-refractivity contribution is 5.79. The SMILES string of the molecule is O=C(O)CNC(=O)N1CCCN(CCCc2ccccc2)CC1. The monoisotopic (exact) mass is 319 g/mol. The first-order valence-corrected chi connectivity index (χ1v) is 8.16. The van der Waals surface area contributed by atoms with E-state index in [0.717, 1.165) is 38.9 Å². The van der Waals surface area contributed by atoms with E-state index in [9.17, 15) is 9.59 Å². The van der Waals surface area contributed by atoms with Gasteiger partial charge in [0.05, 0.1) is 0 Å². The summed E-state index contributed by atoms with van der Waals surface area (Å²) in [5.41, 5.74) is 1.36. The average Bonchev–Trinajstić information content (AvgIpc) is 2.79. The van der Waals surface area contributed by atoms with Crippen molar-refractivity contribution in [3.63, 3.8) is 0 Å². The van der Waals surface area contributed by atoms with Crippen LogP contribution in [0.3, 0.4) is 0 Å². The summed E-state index contributed by atoms with van der Waals surface area (Å²) < 4.78 is 0. The highest BCUT2D eigenvalue weighted by Gasteiger charge is 2.19. The first kappa shape index (κ1) is 17.3. The Balaban J connectivity index is 1.69. The first-order valence-electron chi connectivity index (χ1n) is 8.16. The summed E-state index contributed by atoms with van der Waals surface area (Å²) in [5.74, 6) is -1.02. The number of benzene rings is 1. The molecule has 0 saturated carbocycles. The first-order chi connectivity index (χ1) is 11.1. The lowest BCUT2D eigenvalue weighted by molar-refractivity contribution is -0.135. The van der Waals surface area contributed by atoms with E-state index in [4.69, 9.17) is 5.11 Å². The topological polar surface area (TPSA) is 72.9 Å². The molecule has 6 nitrogen and oxygen atoms in total. The Morgan fingerprint density at radius 1 is 1.09 bits per heavy atom. The third kappa shape index (κ3) is 6.28. The zero-order valence-corrected chi connectivity index (χ0v) is 13.4. The predicted octanol–water partition coefficient (Wildman–Crippen LogP) is 1.42. The van der Waals surface area contributed by atoms with E-state index in [1.165, 1.54) is 5.56 Å². The number of nitrogens with zero attached hydrogens (tertiary/aromatic N) is 2. The van der Waals surface area contributed by atoms with Crippen molar-refractivity contribution in [3.05, 3.63) is 35.9 Å². The van der Waals surface area contributed by atoms with Gasteiger partial charge in [0, 0.05) is 19.6 Å². The van der Waals surface area contributed by atoms with E-state index in [1.54, 1.807) is 4.90 Å². The van der Waals surface area contributed by atoms with Crippen LogP contribution in [0.25, 0.3) is 0 Å². The van der Waals surface area contributed by atoms with Gasteiger partial charge >= 0.3 is 12.0 Å². The summed E-state index contributed by atoms with van der Waals surface area (Å²) in [6, 6.07) is 10.2. The van der Waals surface area contributed by atoms with Gasteiger partial charge < -0.3 is 20.2 Å². The van der Waals surface area contributed by atoms with Crippen molar-refractivity contribution in [2.24, 2.45) is 0 Å². The number of nitrogens with one attached hydrogen (secondary N) is 1. The van der Waals surface area contributed by atoms with Crippen LogP contribution in [-0.2, 0) is 11.2 Å². The van der Waals surface area contributed by atoms with E-state index in [1.807, 2.05) is 6.07 Å². The molecule has 126 valence electrons. The van der Waals surface area contributed by atoms with Gasteiger partial charge in [-0.2, -0.15) is 0 Å². The summed E-state index contributed by atoms with van der Waals surface area (Å²) in [6.07, 6.45) is 3.10. The Bertz CT molecular complexity index is 507. The molecule has 1 heterocycles. The molecule has 6 heteroatoms. The number of urea groups is 1. The van der Waals surface area contributed by atoms with Crippen LogP contribution in [0.1, 0.15) is 18.4 Å². The second-order valence-electron chi connectivity index (χ2n) is 5.82. The van der Waals surface area contributed by atoms with Crippen LogP contribution >= 0.6 is 0 Å². The maximum absolute atomic E-state index is 11.9. The third-order valence-electron chi connectivity index (χ3n) is 4.05. The lowest BCUT2D eigenvalue weighted by Crippen LogP contribution is -2.43. The molecular formula is C17H25N3O3. The normalized spacial score (nSPS) is 15.9. The summed E-state index contributed by atoms with van der Waals surface area (Å²) in [6.45, 7) is 3.86. The zero-order chi connectivity index (χ0) is 16.5. The fourth-order valence-corrected chi connectivity index (χ4v) is 2.81. The highest BCUT2D eigenvalue weighted by Crippen LogP contribution is 2.07. The number of amides is 2. The lowest BCUT2D eigenvalue weighted by Gasteiger charge is -2.22. The number of hydrogen-bond donors (Lipinski definition) is 2. The third-order valence-corrected chi connectivity index (χ3v) is 4.05. The Morgan fingerprint density at radius 2 is 1.87 bits per heavy atom. The van der Waals surface area contributed by atoms with E-state index < -0.39 is 5.97 Å². The van der Waals surface area contributed by atoms with Crippen LogP contribution in [-0.4, -0.2) is 66.2 Å². The molecule has 2 rings (SSSR count). The van der Waals surface area contributed by atoms with E-state index in [-0.39, 0.29) is 12.6 Å². The second kappa shape index (κ2) is 9.15. The molecule has 23 heavy (non-hydrogen) atoms. The van der Waals surface area contributed by atoms with Gasteiger partial charge in [-0.25, -0.2) is 4.79 Å². The lowest BCUT2D eigenvalue weighted by atomic mass is 10.1. The van der Waals surface area contributed by atoms with Crippen LogP contribution in [0.2, 0.25) is 0 Å². The Kier molecular flexibility index (Phi) is 6.87. The summed E-state index contributed by atoms with van der Waals surface area (Å²) in [7, 11) is 0. The zero-order valence-electron chi connectivity index (χ0n) is 13.4. The van der Waals surface area contributed by atoms with E-state index in [2.05, 4.69) is 34.5 Å². The van der Waals surface area contributed by atoms with Crippen molar-refractivity contribution in [3.8, 4) is 0 Å². The van der Waals surface area contributed by atoms with Gasteiger partial charge in [-0.05, 0) is 37.9 Å². The number of carbonyl (C=O) groups is 2. The van der Waals surface area contributed by atoms with Crippen LogP contribution < -0.4 is 5.32 Å². The van der Waals surface area contributed by atoms with Gasteiger partial charge in [0.15, 0.2) is 0 Å². The van der Waals surface area contributed by atoms with Gasteiger partial charge in [-0.15, -0.1) is 0 Å². The van der Waals surface area contributed by atoms with Crippen LogP contribution in [0, 0.1) is 0 Å². The standard InChI is InChI=1S/C17H25N3O3/c21-16(22)14-18-17(23)20-11-5-10-19(12-13-20)9-4-8-15-6-2-1-3-7-15/h1-3,6-7H,4-5,8-14H2,(H,18,23)(H,21,22). The van der Waals surface area contributed by atoms with Gasteiger partial charge in [0.25, 0.3) is 0 Å². The summed E-state index contributed by atoms with van der Waals surface area (Å²) in [5, 5.41) is 11.0. The Hall–Kier alpha value is -2.08. The number of carboxylic acid groups (broad SMARTS) is 1. The molecule has 0 aromatic heterocycles. The minimum absolute atomic E-state index is 0.279. The van der Waals surface area contributed by atoms with Crippen LogP contribution in [0.4, 0.5) is 4.79 Å². The maximum Gasteiger partial charge on any atom is 0.323 e. The van der Waals surface area contributed by atoms with Crippen molar-refractivity contribution in [1.82, 2.24) is 15.1 Å². The molecule has 1 saturated heterocycles. The predicted molar refractivity (Wildman–Crippen MR) is 88.4 cm³/mol. The molecule has 2 amide bonds. The number of aliphatic carboxylic acids is 1. The molecule has 0 radical (unpaired) electrons. The van der Waals surface area contributed by atoms with Gasteiger partial charge in [0.1, 0.15) is 6.54 Å². The van der Waals surface area contributed by atoms with Gasteiger partial charge in [-0.3, -0.25) is 4.79 Å². The number of carbonyl (C=O) groups excluding carboxylic acids is 1. The average molecular weight is 319 g/mol. The molecule has 0 unspecified atom stereocenters. The summed E-state index contributed by atoms with van der Waals surface area (Å²) >= 11 is 0. The molecule has 2 N–H and O–H groups in total. The maximum atomic E-state index is 11.9. The van der Waals surface area contributed by atoms with Crippen LogP contribution in [0.15, 0.2) is 30.3 Å². The quantitative estimate of drug-likeness (QED) is 0.832. The minimum atomic E-state index is -1.02. The fourth-order valence-electron chi connectivity index (χ4n) is 2.81. The largest absolute Gasteiger partial charge is 0.480 e. The highest BCUT2D eigenvalue weighted by atomic mass is 16.4. The van der Waals surface area contributed by atoms with Crippen molar-refractivity contribution >= 4 is 12.0 Å². The number of rotatable bonds is 6. The molecule has 1 aliphatic heterocycles. The Morgan fingerprint density at radius 3 is 2.61 bits per heavy atom. The molecule has 1 fully saturated rings. The molecule has 0 aliphatic carbocycles. The van der Waals surface area contributed by atoms with Crippen LogP contribution in [0.5, 0.6) is 0 Å². The molecular weight excluding hydrogens is 294 g/mol. The molecule has 0 atom stereocenters. The second-order valence-corrected chi connectivity index (χ2v) is 5.82. The smallest absolute Gasteiger partial charge is 0.323 e. The van der Waals surface area contributed by atoms with E-state index >= 15 is 0 Å². The van der Waals surface area contributed by atoms with Crippen molar-refractivity contribution in [2.45, 2.75) is 19.3 Å². The molecule has 0 bridgehead atoms. The fraction of sp³-hybridized carbons (Fsp3) is 0.529. The van der Waals surface area contributed by atoms with Crippen molar-refractivity contribution < 1.29 is 14.7 Å². The Labute approximate surface area is 137 Å². The molecule has 1 aromatic carbocycles. The number of hydrogen-bond acceptors (Lipinski definition) is 3. The van der Waals surface area contributed by atoms with Gasteiger partial charge in [-0.1, -0.05) is 30.3 Å². The molecule has 1 aromatic rings. The molecule has 1 aliphatic rings. The molecule has 0 spiro atoms. The van der Waals surface area contributed by atoms with Gasteiger partial charge in [0.2, 0.25) is 0 Å². The minimum Gasteiger partial charge on any atom is -0.480 e. The number of carboxylic acids is 1. The summed E-state index contributed by atoms with van der Waals surface area (Å²) in [4.78, 5) is 26.5. The van der Waals surface area contributed by atoms with Crippen molar-refractivity contribution in [1.29, 1.82) is 0 Å². The van der Waals surface area contributed by atoms with Crippen molar-refractivity contribution in [2.75, 3.05) is 39.3 Å².